The van der Waals surface area contributed by atoms with Crippen LogP contribution in [0.25, 0.3) is 38.6 Å². The van der Waals surface area contributed by atoms with Gasteiger partial charge in [-0.25, -0.2) is 0 Å². The Hall–Kier alpha value is -5.39. The van der Waals surface area contributed by atoms with Crippen LogP contribution in [0.15, 0.2) is 133 Å². The van der Waals surface area contributed by atoms with Crippen molar-refractivity contribution < 1.29 is 0 Å². The largest absolute Gasteiger partial charge is 0.309 e. The minimum atomic E-state index is -0.509. The summed E-state index contributed by atoms with van der Waals surface area (Å²) in [7, 11) is 0. The van der Waals surface area contributed by atoms with Crippen LogP contribution in [0, 0.1) is 11.3 Å². The molecule has 43 heavy (non-hydrogen) atoms. The van der Waals surface area contributed by atoms with Gasteiger partial charge in [-0.1, -0.05) is 123 Å². The van der Waals surface area contributed by atoms with E-state index in [-0.39, 0.29) is 5.41 Å². The first-order valence-electron chi connectivity index (χ1n) is 14.9. The van der Waals surface area contributed by atoms with Crippen molar-refractivity contribution >= 4 is 21.8 Å². The van der Waals surface area contributed by atoms with Gasteiger partial charge in [-0.15, -0.1) is 0 Å². The molecule has 0 fully saturated rings. The van der Waals surface area contributed by atoms with Crippen molar-refractivity contribution in [2.75, 3.05) is 0 Å². The zero-order chi connectivity index (χ0) is 28.9. The van der Waals surface area contributed by atoms with E-state index in [1.807, 2.05) is 12.1 Å². The van der Waals surface area contributed by atoms with E-state index in [1.54, 1.807) is 0 Å². The lowest BCUT2D eigenvalue weighted by Crippen LogP contribution is -2.44. The lowest BCUT2D eigenvalue weighted by Gasteiger charge is -2.50. The molecule has 1 atom stereocenters. The summed E-state index contributed by atoms with van der Waals surface area (Å²) in [5.74, 6) is 0. The second kappa shape index (κ2) is 8.34. The Bertz CT molecular complexity index is 2330. The highest BCUT2D eigenvalue weighted by atomic mass is 15.0. The van der Waals surface area contributed by atoms with Crippen molar-refractivity contribution in [3.63, 3.8) is 0 Å². The first kappa shape index (κ1) is 24.2. The van der Waals surface area contributed by atoms with Crippen LogP contribution in [-0.2, 0) is 10.8 Å². The first-order chi connectivity index (χ1) is 21.1. The monoisotopic (exact) mass is 548 g/mol. The number of nitrogens with zero attached hydrogens (tertiary/aromatic N) is 2. The molecule has 1 aromatic heterocycles. The third-order valence-corrected chi connectivity index (χ3v) is 10.1. The Morgan fingerprint density at radius 1 is 0.558 bits per heavy atom. The summed E-state index contributed by atoms with van der Waals surface area (Å²) < 4.78 is 2.49. The molecule has 0 saturated carbocycles. The summed E-state index contributed by atoms with van der Waals surface area (Å²) >= 11 is 0. The van der Waals surface area contributed by atoms with Crippen molar-refractivity contribution in [2.45, 2.75) is 24.7 Å². The maximum Gasteiger partial charge on any atom is 0.0991 e. The van der Waals surface area contributed by atoms with Gasteiger partial charge >= 0.3 is 0 Å². The Morgan fingerprint density at radius 3 is 2.00 bits per heavy atom. The summed E-state index contributed by atoms with van der Waals surface area (Å²) in [6.45, 7) is 4.74. The summed E-state index contributed by atoms with van der Waals surface area (Å²) in [6, 6.07) is 51.0. The molecule has 0 saturated heterocycles. The summed E-state index contributed by atoms with van der Waals surface area (Å²) in [4.78, 5) is 0. The molecular formula is C41H28N2. The molecule has 2 heteroatoms. The highest BCUT2D eigenvalue weighted by molar-refractivity contribution is 6.12. The van der Waals surface area contributed by atoms with Gasteiger partial charge in [0.2, 0.25) is 0 Å². The molecule has 0 bridgehead atoms. The Morgan fingerprint density at radius 2 is 1.19 bits per heavy atom. The van der Waals surface area contributed by atoms with Gasteiger partial charge in [-0.05, 0) is 68.8 Å². The minimum Gasteiger partial charge on any atom is -0.309 e. The normalized spacial score (nSPS) is 17.3. The van der Waals surface area contributed by atoms with Crippen molar-refractivity contribution in [3.8, 4) is 22.9 Å². The zero-order valence-corrected chi connectivity index (χ0v) is 24.1. The predicted octanol–water partition coefficient (Wildman–Crippen LogP) is 9.66. The summed E-state index contributed by atoms with van der Waals surface area (Å²) in [6.07, 6.45) is 0. The first-order valence-corrected chi connectivity index (χ1v) is 14.9. The molecule has 202 valence electrons. The summed E-state index contributed by atoms with van der Waals surface area (Å²) in [5, 5.41) is 12.1. The van der Waals surface area contributed by atoms with Gasteiger partial charge in [0.1, 0.15) is 0 Å². The van der Waals surface area contributed by atoms with E-state index >= 15 is 0 Å². The second-order valence-corrected chi connectivity index (χ2v) is 12.4. The van der Waals surface area contributed by atoms with E-state index in [2.05, 4.69) is 146 Å². The second-order valence-electron chi connectivity index (χ2n) is 12.4. The van der Waals surface area contributed by atoms with Crippen LogP contribution in [0.5, 0.6) is 0 Å². The fraction of sp³-hybridized carbons (Fsp3) is 0.0976. The van der Waals surface area contributed by atoms with Gasteiger partial charge in [0.05, 0.1) is 33.8 Å². The Kier molecular flexibility index (Phi) is 4.70. The summed E-state index contributed by atoms with van der Waals surface area (Å²) in [5.41, 5.74) is 14.0. The van der Waals surface area contributed by atoms with Gasteiger partial charge in [0.15, 0.2) is 0 Å². The average molecular weight is 549 g/mol. The fourth-order valence-electron chi connectivity index (χ4n) is 8.42. The molecule has 2 aliphatic rings. The predicted molar refractivity (Wildman–Crippen MR) is 175 cm³/mol. The van der Waals surface area contributed by atoms with Crippen LogP contribution in [-0.4, -0.2) is 4.57 Å². The molecule has 0 unspecified atom stereocenters. The zero-order valence-electron chi connectivity index (χ0n) is 24.1. The van der Waals surface area contributed by atoms with Crippen LogP contribution in [0.3, 0.4) is 0 Å². The van der Waals surface area contributed by atoms with Crippen LogP contribution < -0.4 is 0 Å². The lowest BCUT2D eigenvalue weighted by molar-refractivity contribution is 0.558. The van der Waals surface area contributed by atoms with Crippen LogP contribution in [0.1, 0.15) is 52.8 Å². The van der Waals surface area contributed by atoms with Crippen LogP contribution in [0.2, 0.25) is 0 Å². The lowest BCUT2D eigenvalue weighted by atomic mass is 9.52. The third-order valence-electron chi connectivity index (χ3n) is 10.1. The molecule has 0 N–H and O–H groups in total. The third kappa shape index (κ3) is 2.87. The standard InChI is InChI=1S/C41H28N2/c1-40(2)31-14-4-5-15-32(31)41(34-17-9-12-28(38(34)40)27-23-21-26(25-42)22-24-27)33-16-6-8-20-37(33)43-36-19-7-3-11-29(36)30-13-10-18-35(41)39(30)43/h3-24H,1-2H3/t41-/m0/s1. The van der Waals surface area contributed by atoms with Gasteiger partial charge in [0, 0.05) is 16.2 Å². The van der Waals surface area contributed by atoms with Gasteiger partial charge < -0.3 is 4.57 Å². The molecule has 0 amide bonds. The maximum absolute atomic E-state index is 9.50. The number of hydrogen-bond acceptors (Lipinski definition) is 1. The molecule has 6 aromatic carbocycles. The Labute approximate surface area is 251 Å². The molecule has 0 radical (unpaired) electrons. The number of rotatable bonds is 1. The average Bonchev–Trinajstić information content (AvgIpc) is 3.40. The van der Waals surface area contributed by atoms with E-state index in [0.29, 0.717) is 5.56 Å². The van der Waals surface area contributed by atoms with Gasteiger partial charge in [0.25, 0.3) is 0 Å². The molecule has 1 aliphatic heterocycles. The number of benzene rings is 6. The number of hydrogen-bond donors (Lipinski definition) is 0. The SMILES string of the molecule is CC1(C)c2ccccc2[C@]2(c3ccccc3-n3c4ccccc4c4cccc2c43)c2cccc(-c3ccc(C#N)cc3)c21. The highest BCUT2D eigenvalue weighted by Crippen LogP contribution is 2.61. The Balaban J connectivity index is 1.52. The topological polar surface area (TPSA) is 28.7 Å². The van der Waals surface area contributed by atoms with Crippen molar-refractivity contribution in [1.29, 1.82) is 5.26 Å². The minimum absolute atomic E-state index is 0.255. The molecule has 1 aliphatic carbocycles. The van der Waals surface area contributed by atoms with Crippen molar-refractivity contribution in [1.82, 2.24) is 4.57 Å². The van der Waals surface area contributed by atoms with Crippen LogP contribution >= 0.6 is 0 Å². The van der Waals surface area contributed by atoms with Crippen molar-refractivity contribution in [2.24, 2.45) is 0 Å². The quantitative estimate of drug-likeness (QED) is 0.201. The smallest absolute Gasteiger partial charge is 0.0991 e. The number of para-hydroxylation sites is 3. The number of fused-ring (bicyclic) bond motifs is 11. The number of aromatic nitrogens is 1. The van der Waals surface area contributed by atoms with Crippen molar-refractivity contribution in [3.05, 3.63) is 172 Å². The van der Waals surface area contributed by atoms with Gasteiger partial charge in [-0.2, -0.15) is 5.26 Å². The van der Waals surface area contributed by atoms with E-state index in [9.17, 15) is 5.26 Å². The maximum atomic E-state index is 9.50. The molecule has 9 rings (SSSR count). The van der Waals surface area contributed by atoms with E-state index in [4.69, 9.17) is 0 Å². The van der Waals surface area contributed by atoms with E-state index in [0.717, 1.165) is 5.56 Å². The molecule has 7 aromatic rings. The molecular weight excluding hydrogens is 520 g/mol. The van der Waals surface area contributed by atoms with Gasteiger partial charge in [-0.3, -0.25) is 0 Å². The highest BCUT2D eigenvalue weighted by Gasteiger charge is 2.53. The molecule has 2 nitrogen and oxygen atoms in total. The number of nitriles is 1. The van der Waals surface area contributed by atoms with E-state index < -0.39 is 5.41 Å². The molecule has 2 heterocycles. The fourth-order valence-corrected chi connectivity index (χ4v) is 8.42. The molecule has 1 spiro atoms. The van der Waals surface area contributed by atoms with Crippen LogP contribution in [0.4, 0.5) is 0 Å². The van der Waals surface area contributed by atoms with E-state index in [1.165, 1.54) is 66.4 Å².